The van der Waals surface area contributed by atoms with Crippen LogP contribution in [0, 0.1) is 6.92 Å². The molecule has 0 saturated carbocycles. The Labute approximate surface area is 144 Å². The van der Waals surface area contributed by atoms with Crippen molar-refractivity contribution >= 4 is 23.2 Å². The van der Waals surface area contributed by atoms with Crippen LogP contribution in [0.5, 0.6) is 0 Å². The maximum Gasteiger partial charge on any atom is 0.277 e. The van der Waals surface area contributed by atoms with E-state index in [0.717, 1.165) is 11.1 Å². The van der Waals surface area contributed by atoms with E-state index in [1.807, 2.05) is 13.0 Å². The number of nitrogens with zero attached hydrogens (tertiary/aromatic N) is 2. The average molecular weight is 336 g/mol. The molecule has 0 aliphatic rings. The van der Waals surface area contributed by atoms with Crippen LogP contribution in [0.4, 0.5) is 11.4 Å². The van der Waals surface area contributed by atoms with Gasteiger partial charge in [0.25, 0.3) is 5.91 Å². The molecule has 7 nitrogen and oxygen atoms in total. The van der Waals surface area contributed by atoms with E-state index in [-0.39, 0.29) is 11.6 Å². The highest BCUT2D eigenvalue weighted by Crippen LogP contribution is 2.24. The van der Waals surface area contributed by atoms with Crippen LogP contribution in [0.1, 0.15) is 23.0 Å². The van der Waals surface area contributed by atoms with Crippen molar-refractivity contribution in [3.63, 3.8) is 0 Å². The van der Waals surface area contributed by atoms with E-state index in [0.29, 0.717) is 17.1 Å². The molecule has 25 heavy (non-hydrogen) atoms. The normalized spacial score (nSPS) is 10.3. The van der Waals surface area contributed by atoms with Crippen LogP contribution in [0.2, 0.25) is 0 Å². The molecule has 0 aliphatic heterocycles. The number of pyridine rings is 1. The van der Waals surface area contributed by atoms with Gasteiger partial charge in [-0.25, -0.2) is 0 Å². The van der Waals surface area contributed by atoms with Gasteiger partial charge in [0.05, 0.1) is 0 Å². The van der Waals surface area contributed by atoms with Crippen molar-refractivity contribution in [2.24, 2.45) is 0 Å². The minimum Gasteiger partial charge on any atom is -0.355 e. The zero-order valence-electron chi connectivity index (χ0n) is 13.7. The van der Waals surface area contributed by atoms with Crippen LogP contribution in [0.3, 0.4) is 0 Å². The summed E-state index contributed by atoms with van der Waals surface area (Å²) in [5.41, 5.74) is 2.87. The van der Waals surface area contributed by atoms with E-state index in [9.17, 15) is 9.59 Å². The van der Waals surface area contributed by atoms with Crippen molar-refractivity contribution in [3.05, 3.63) is 60.0 Å². The molecule has 2 aromatic heterocycles. The second kappa shape index (κ2) is 6.96. The highest BCUT2D eigenvalue weighted by molar-refractivity contribution is 6.04. The van der Waals surface area contributed by atoms with Gasteiger partial charge in [-0.2, -0.15) is 0 Å². The molecular formula is C18H16N4O3. The predicted octanol–water partition coefficient (Wildman–Crippen LogP) is 3.26. The smallest absolute Gasteiger partial charge is 0.277 e. The van der Waals surface area contributed by atoms with Gasteiger partial charge in [-0.05, 0) is 36.8 Å². The number of carbonyl (C=O) groups is 2. The number of amides is 2. The first-order valence-electron chi connectivity index (χ1n) is 7.60. The minimum atomic E-state index is -0.401. The highest BCUT2D eigenvalue weighted by atomic mass is 16.5. The quantitative estimate of drug-likeness (QED) is 0.762. The summed E-state index contributed by atoms with van der Waals surface area (Å²) >= 11 is 0. The first kappa shape index (κ1) is 16.4. The first-order valence-corrected chi connectivity index (χ1v) is 7.60. The number of benzene rings is 1. The van der Waals surface area contributed by atoms with Crippen molar-refractivity contribution in [2.75, 3.05) is 10.6 Å². The lowest BCUT2D eigenvalue weighted by atomic mass is 10.1. The zero-order chi connectivity index (χ0) is 17.8. The maximum atomic E-state index is 12.4. The first-order chi connectivity index (χ1) is 12.0. The summed E-state index contributed by atoms with van der Waals surface area (Å²) in [5, 5.41) is 9.30. The second-order valence-corrected chi connectivity index (χ2v) is 5.43. The molecule has 0 aliphatic carbocycles. The number of hydrogen-bond donors (Lipinski definition) is 2. The second-order valence-electron chi connectivity index (χ2n) is 5.43. The average Bonchev–Trinajstić information content (AvgIpc) is 3.09. The van der Waals surface area contributed by atoms with E-state index >= 15 is 0 Å². The highest BCUT2D eigenvalue weighted by Gasteiger charge is 2.15. The molecule has 3 aromatic rings. The molecule has 2 N–H and O–H groups in total. The van der Waals surface area contributed by atoms with Gasteiger partial charge in [-0.3, -0.25) is 14.6 Å². The Bertz CT molecular complexity index is 919. The fourth-order valence-corrected chi connectivity index (χ4v) is 2.31. The monoisotopic (exact) mass is 336 g/mol. The fraction of sp³-hybridized carbons (Fsp3) is 0.111. The van der Waals surface area contributed by atoms with Crippen molar-refractivity contribution in [3.8, 4) is 11.3 Å². The minimum absolute atomic E-state index is 0.156. The van der Waals surface area contributed by atoms with Crippen LogP contribution >= 0.6 is 0 Å². The Balaban J connectivity index is 1.79. The van der Waals surface area contributed by atoms with Crippen molar-refractivity contribution < 1.29 is 14.1 Å². The Hall–Kier alpha value is -3.48. The van der Waals surface area contributed by atoms with E-state index in [1.165, 1.54) is 6.92 Å². The largest absolute Gasteiger partial charge is 0.355 e. The summed E-state index contributed by atoms with van der Waals surface area (Å²) in [7, 11) is 0. The summed E-state index contributed by atoms with van der Waals surface area (Å²) in [6.45, 7) is 3.24. The zero-order valence-corrected chi connectivity index (χ0v) is 13.7. The van der Waals surface area contributed by atoms with Crippen LogP contribution in [0.15, 0.2) is 53.3 Å². The number of rotatable bonds is 4. The molecule has 126 valence electrons. The van der Waals surface area contributed by atoms with Crippen molar-refractivity contribution in [2.45, 2.75) is 13.8 Å². The Morgan fingerprint density at radius 1 is 1.08 bits per heavy atom. The molecule has 2 heterocycles. The molecule has 0 radical (unpaired) electrons. The SMILES string of the molecule is CC(=O)Nc1cccc(NC(=O)c2cc(-c3cccnc3)on2)c1C. The number of nitrogens with one attached hydrogen (secondary N) is 2. The third kappa shape index (κ3) is 3.72. The molecular weight excluding hydrogens is 320 g/mol. The number of hydrogen-bond acceptors (Lipinski definition) is 5. The predicted molar refractivity (Wildman–Crippen MR) is 93.2 cm³/mol. The van der Waals surface area contributed by atoms with Crippen LogP contribution in [0.25, 0.3) is 11.3 Å². The summed E-state index contributed by atoms with van der Waals surface area (Å²) < 4.78 is 5.21. The van der Waals surface area contributed by atoms with Gasteiger partial charge in [-0.15, -0.1) is 0 Å². The summed E-state index contributed by atoms with van der Waals surface area (Å²) in [4.78, 5) is 27.6. The number of anilines is 2. The summed E-state index contributed by atoms with van der Waals surface area (Å²) in [5.74, 6) is -0.117. The summed E-state index contributed by atoms with van der Waals surface area (Å²) in [6.07, 6.45) is 3.28. The van der Waals surface area contributed by atoms with E-state index in [4.69, 9.17) is 4.52 Å². The molecule has 0 saturated heterocycles. The van der Waals surface area contributed by atoms with E-state index in [2.05, 4.69) is 20.8 Å². The molecule has 3 rings (SSSR count). The molecule has 0 atom stereocenters. The van der Waals surface area contributed by atoms with Crippen molar-refractivity contribution in [1.29, 1.82) is 0 Å². The van der Waals surface area contributed by atoms with Gasteiger partial charge in [-0.1, -0.05) is 11.2 Å². The lowest BCUT2D eigenvalue weighted by Crippen LogP contribution is -2.14. The Morgan fingerprint density at radius 3 is 2.52 bits per heavy atom. The molecule has 0 spiro atoms. The van der Waals surface area contributed by atoms with Gasteiger partial charge in [0.2, 0.25) is 5.91 Å². The van der Waals surface area contributed by atoms with Crippen LogP contribution < -0.4 is 10.6 Å². The van der Waals surface area contributed by atoms with Crippen LogP contribution in [-0.4, -0.2) is 22.0 Å². The third-order valence-corrected chi connectivity index (χ3v) is 3.58. The van der Waals surface area contributed by atoms with E-state index in [1.54, 1.807) is 42.7 Å². The van der Waals surface area contributed by atoms with Crippen LogP contribution in [-0.2, 0) is 4.79 Å². The van der Waals surface area contributed by atoms with Gasteiger partial charge < -0.3 is 15.2 Å². The fourth-order valence-electron chi connectivity index (χ4n) is 2.31. The summed E-state index contributed by atoms with van der Waals surface area (Å²) in [6, 6.07) is 10.4. The lowest BCUT2D eigenvalue weighted by molar-refractivity contribution is -0.114. The number of aromatic nitrogens is 2. The standard InChI is InChI=1S/C18H16N4O3/c1-11-14(20-12(2)23)6-3-7-15(11)21-18(24)16-9-17(25-22-16)13-5-4-8-19-10-13/h3-10H,1-2H3,(H,20,23)(H,21,24). The molecule has 1 aromatic carbocycles. The molecule has 0 bridgehead atoms. The van der Waals surface area contributed by atoms with E-state index < -0.39 is 5.91 Å². The maximum absolute atomic E-state index is 12.4. The third-order valence-electron chi connectivity index (χ3n) is 3.58. The van der Waals surface area contributed by atoms with Gasteiger partial charge in [0.1, 0.15) is 0 Å². The van der Waals surface area contributed by atoms with Crippen molar-refractivity contribution in [1.82, 2.24) is 10.1 Å². The van der Waals surface area contributed by atoms with Gasteiger partial charge in [0, 0.05) is 42.3 Å². The van der Waals surface area contributed by atoms with Gasteiger partial charge in [0.15, 0.2) is 11.5 Å². The Morgan fingerprint density at radius 2 is 1.84 bits per heavy atom. The molecule has 7 heteroatoms. The molecule has 2 amide bonds. The topological polar surface area (TPSA) is 97.1 Å². The lowest BCUT2D eigenvalue weighted by Gasteiger charge is -2.11. The Kier molecular flexibility index (Phi) is 4.56. The molecule has 0 fully saturated rings. The molecule has 0 unspecified atom stereocenters. The number of carbonyl (C=O) groups excluding carboxylic acids is 2. The van der Waals surface area contributed by atoms with Gasteiger partial charge >= 0.3 is 0 Å².